The molecule has 5 atom stereocenters. The molecule has 0 rings (SSSR count). The van der Waals surface area contributed by atoms with Crippen LogP contribution in [0.4, 0.5) is 0 Å². The van der Waals surface area contributed by atoms with Gasteiger partial charge in [0, 0.05) is 25.7 Å². The van der Waals surface area contributed by atoms with Crippen LogP contribution in [0, 0.1) is 0 Å². The zero-order valence-electron chi connectivity index (χ0n) is 51.7. The van der Waals surface area contributed by atoms with Crippen molar-refractivity contribution in [1.82, 2.24) is 0 Å². The molecule has 0 fully saturated rings. The molecule has 0 heterocycles. The summed E-state index contributed by atoms with van der Waals surface area (Å²) in [4.78, 5) is 71.8. The lowest BCUT2D eigenvalue weighted by atomic mass is 10.0. The summed E-state index contributed by atoms with van der Waals surface area (Å²) in [5.74, 6) is -2.15. The second kappa shape index (κ2) is 57.2. The number of esters is 4. The predicted molar refractivity (Wildman–Crippen MR) is 322 cm³/mol. The highest BCUT2D eigenvalue weighted by atomic mass is 31.2. The maximum Gasteiger partial charge on any atom is 0.472 e. The van der Waals surface area contributed by atoms with Crippen LogP contribution >= 0.6 is 15.6 Å². The van der Waals surface area contributed by atoms with Gasteiger partial charge in [-0.3, -0.25) is 37.3 Å². The van der Waals surface area contributed by atoms with Crippen molar-refractivity contribution in [2.75, 3.05) is 39.6 Å². The minimum absolute atomic E-state index is 0.104. The highest BCUT2D eigenvalue weighted by molar-refractivity contribution is 7.47. The van der Waals surface area contributed by atoms with Crippen LogP contribution in [0.1, 0.15) is 317 Å². The molecule has 81 heavy (non-hydrogen) atoms. The van der Waals surface area contributed by atoms with Crippen LogP contribution in [-0.4, -0.2) is 96.7 Å². The van der Waals surface area contributed by atoms with Gasteiger partial charge in [0.25, 0.3) is 0 Å². The molecule has 0 aliphatic rings. The van der Waals surface area contributed by atoms with E-state index in [1.165, 1.54) is 116 Å². The first-order valence-corrected chi connectivity index (χ1v) is 35.8. The van der Waals surface area contributed by atoms with E-state index < -0.39 is 97.5 Å². The summed E-state index contributed by atoms with van der Waals surface area (Å²) in [7, 11) is -9.87. The van der Waals surface area contributed by atoms with Crippen molar-refractivity contribution in [2.45, 2.75) is 335 Å². The molecule has 0 saturated carbocycles. The fraction of sp³-hybridized carbons (Fsp3) is 0.935. The fourth-order valence-electron chi connectivity index (χ4n) is 9.28. The van der Waals surface area contributed by atoms with Gasteiger partial charge < -0.3 is 33.8 Å². The Morgan fingerprint density at radius 3 is 0.728 bits per heavy atom. The summed E-state index contributed by atoms with van der Waals surface area (Å²) in [6, 6.07) is 0. The van der Waals surface area contributed by atoms with Crippen molar-refractivity contribution in [3.8, 4) is 0 Å². The largest absolute Gasteiger partial charge is 0.472 e. The van der Waals surface area contributed by atoms with Gasteiger partial charge in [-0.25, -0.2) is 9.13 Å². The Kier molecular flexibility index (Phi) is 55.8. The first kappa shape index (κ1) is 79.1. The normalized spacial score (nSPS) is 14.2. The Hall–Kier alpha value is -1.94. The first-order valence-electron chi connectivity index (χ1n) is 32.8. The number of carbonyl (C=O) groups excluding carboxylic acids is 4. The van der Waals surface area contributed by atoms with Crippen LogP contribution in [0.2, 0.25) is 0 Å². The molecule has 0 spiro atoms. The Morgan fingerprint density at radius 2 is 0.494 bits per heavy atom. The zero-order chi connectivity index (χ0) is 59.8. The van der Waals surface area contributed by atoms with Crippen LogP contribution in [-0.2, 0) is 65.4 Å². The third-order valence-corrected chi connectivity index (χ3v) is 16.3. The summed E-state index contributed by atoms with van der Waals surface area (Å²) in [5.41, 5.74) is 0. The molecule has 19 heteroatoms. The number of rotatable bonds is 63. The lowest BCUT2D eigenvalue weighted by Crippen LogP contribution is -2.30. The first-order chi connectivity index (χ1) is 39.2. The number of aliphatic hydroxyl groups is 1. The van der Waals surface area contributed by atoms with E-state index in [0.717, 1.165) is 122 Å². The SMILES string of the molecule is CCCCCCCCCCCCCCCCCCCCCC(=O)O[C@H](COC(=O)CCCCCCCCCC)COP(=O)(O)OC[C@@H](O)COP(=O)(O)OC[C@@H](COC(=O)CCCCCCCCC)OC(=O)CCCCCCCCC. The minimum atomic E-state index is -4.94. The summed E-state index contributed by atoms with van der Waals surface area (Å²) in [5, 5.41) is 10.5. The molecule has 3 N–H and O–H groups in total. The molecule has 0 radical (unpaired) electrons. The van der Waals surface area contributed by atoms with E-state index in [9.17, 15) is 43.2 Å². The number of hydrogen-bond donors (Lipinski definition) is 3. The maximum absolute atomic E-state index is 12.9. The smallest absolute Gasteiger partial charge is 0.462 e. The monoisotopic (exact) mass is 1200 g/mol. The van der Waals surface area contributed by atoms with E-state index >= 15 is 0 Å². The Bertz CT molecular complexity index is 1570. The van der Waals surface area contributed by atoms with Crippen molar-refractivity contribution in [3.05, 3.63) is 0 Å². The minimum Gasteiger partial charge on any atom is -0.462 e. The molecule has 0 aliphatic carbocycles. The summed E-state index contributed by atoms with van der Waals surface area (Å²) in [6.07, 6.45) is 42.1. The lowest BCUT2D eigenvalue weighted by Gasteiger charge is -2.21. The number of phosphoric ester groups is 2. The van der Waals surface area contributed by atoms with Gasteiger partial charge in [-0.05, 0) is 25.7 Å². The molecular formula is C62H120O17P2. The van der Waals surface area contributed by atoms with E-state index in [0.29, 0.717) is 25.7 Å². The van der Waals surface area contributed by atoms with Gasteiger partial charge in [-0.2, -0.15) is 0 Å². The number of phosphoric acid groups is 2. The average molecular weight is 1200 g/mol. The summed E-state index contributed by atoms with van der Waals surface area (Å²) < 4.78 is 67.6. The molecule has 0 aromatic rings. The van der Waals surface area contributed by atoms with Crippen LogP contribution in [0.25, 0.3) is 0 Å². The number of aliphatic hydroxyl groups excluding tert-OH is 1. The Labute approximate surface area is 492 Å². The summed E-state index contributed by atoms with van der Waals surface area (Å²) in [6.45, 7) is 4.77. The van der Waals surface area contributed by atoms with Gasteiger partial charge in [0.1, 0.15) is 19.3 Å². The highest BCUT2D eigenvalue weighted by Gasteiger charge is 2.30. The van der Waals surface area contributed by atoms with Crippen molar-refractivity contribution < 1.29 is 80.2 Å². The quantitative estimate of drug-likeness (QED) is 0.0222. The topological polar surface area (TPSA) is 237 Å². The molecule has 0 amide bonds. The molecular weight excluding hydrogens is 1080 g/mol. The van der Waals surface area contributed by atoms with E-state index in [1.54, 1.807) is 0 Å². The van der Waals surface area contributed by atoms with E-state index in [-0.39, 0.29) is 25.7 Å². The number of hydrogen-bond acceptors (Lipinski definition) is 15. The highest BCUT2D eigenvalue weighted by Crippen LogP contribution is 2.45. The van der Waals surface area contributed by atoms with Crippen molar-refractivity contribution in [1.29, 1.82) is 0 Å². The lowest BCUT2D eigenvalue weighted by molar-refractivity contribution is -0.161. The van der Waals surface area contributed by atoms with Crippen LogP contribution in [0.5, 0.6) is 0 Å². The molecule has 0 aromatic heterocycles. The number of unbranched alkanes of at least 4 members (excludes halogenated alkanes) is 37. The van der Waals surface area contributed by atoms with Gasteiger partial charge >= 0.3 is 39.5 Å². The van der Waals surface area contributed by atoms with Crippen LogP contribution in [0.15, 0.2) is 0 Å². The van der Waals surface area contributed by atoms with E-state index in [2.05, 4.69) is 27.7 Å². The fourth-order valence-corrected chi connectivity index (χ4v) is 10.9. The molecule has 17 nitrogen and oxygen atoms in total. The van der Waals surface area contributed by atoms with Gasteiger partial charge in [-0.1, -0.05) is 265 Å². The van der Waals surface area contributed by atoms with Gasteiger partial charge in [0.2, 0.25) is 0 Å². The van der Waals surface area contributed by atoms with E-state index in [4.69, 9.17) is 37.0 Å². The second-order valence-corrected chi connectivity index (χ2v) is 25.4. The van der Waals surface area contributed by atoms with Gasteiger partial charge in [0.05, 0.1) is 26.4 Å². The predicted octanol–water partition coefficient (Wildman–Crippen LogP) is 17.2. The molecule has 0 aromatic carbocycles. The van der Waals surface area contributed by atoms with Crippen molar-refractivity contribution >= 4 is 39.5 Å². The molecule has 2 unspecified atom stereocenters. The molecule has 0 bridgehead atoms. The van der Waals surface area contributed by atoms with Crippen LogP contribution < -0.4 is 0 Å². The van der Waals surface area contributed by atoms with Crippen molar-refractivity contribution in [3.63, 3.8) is 0 Å². The zero-order valence-corrected chi connectivity index (χ0v) is 53.5. The average Bonchev–Trinajstić information content (AvgIpc) is 3.44. The third-order valence-electron chi connectivity index (χ3n) is 14.4. The van der Waals surface area contributed by atoms with Gasteiger partial charge in [-0.15, -0.1) is 0 Å². The van der Waals surface area contributed by atoms with Crippen molar-refractivity contribution in [2.24, 2.45) is 0 Å². The molecule has 0 saturated heterocycles. The third kappa shape index (κ3) is 56.9. The van der Waals surface area contributed by atoms with E-state index in [1.807, 2.05) is 0 Å². The van der Waals surface area contributed by atoms with Gasteiger partial charge in [0.15, 0.2) is 12.2 Å². The standard InChI is InChI=1S/C62H120O17P2/c1-5-9-13-17-21-23-24-25-26-27-28-29-30-31-32-33-37-41-45-49-62(67)79-58(53-73-60(65)47-43-39-36-22-18-14-10-6-2)55-77-81(70,71)75-51-56(63)50-74-80(68,69)76-54-57(78-61(66)48-44-40-35-20-16-12-8-4)52-72-59(64)46-42-38-34-19-15-11-7-3/h56-58,63H,5-55H2,1-4H3,(H,68,69)(H,70,71)/t56-,57+,58+/m0/s1. The maximum atomic E-state index is 12.9. The van der Waals surface area contributed by atoms with Crippen LogP contribution in [0.3, 0.4) is 0 Å². The Balaban J connectivity index is 5.07. The number of carbonyl (C=O) groups is 4. The second-order valence-electron chi connectivity index (χ2n) is 22.4. The molecule has 480 valence electrons. The number of ether oxygens (including phenoxy) is 4. The summed E-state index contributed by atoms with van der Waals surface area (Å²) >= 11 is 0. The Morgan fingerprint density at radius 1 is 0.296 bits per heavy atom. The molecule has 0 aliphatic heterocycles.